The van der Waals surface area contributed by atoms with Gasteiger partial charge in [-0.3, -0.25) is 14.4 Å². The first kappa shape index (κ1) is 32.7. The van der Waals surface area contributed by atoms with Crippen LogP contribution >= 0.6 is 0 Å². The van der Waals surface area contributed by atoms with Crippen LogP contribution < -0.4 is 10.6 Å². The molecule has 4 rings (SSSR count). The highest BCUT2D eigenvalue weighted by Gasteiger charge is 2.54. The highest BCUT2D eigenvalue weighted by Crippen LogP contribution is 2.38. The zero-order valence-corrected chi connectivity index (χ0v) is 26.7. The number of rotatable bonds is 10. The minimum Gasteiger partial charge on any atom is -0.444 e. The van der Waals surface area contributed by atoms with Gasteiger partial charge in [-0.05, 0) is 71.4 Å². The summed E-state index contributed by atoms with van der Waals surface area (Å²) in [4.78, 5) is 55.5. The topological polar surface area (TPSA) is 120 Å². The van der Waals surface area contributed by atoms with Gasteiger partial charge >= 0.3 is 6.09 Å². The number of benzene rings is 2. The monoisotopic (exact) mass is 603 g/mol. The third-order valence-corrected chi connectivity index (χ3v) is 8.05. The van der Waals surface area contributed by atoms with Crippen LogP contribution in [0.15, 0.2) is 65.8 Å². The standard InChI is InChI=1S/C34H45N5O5/c1-32(2,3)44-31(43)36-33(4,5)29(41)35-26(19-13-18-24-14-9-7-10-15-24)28(40)39-21-20-27-34(23-39,30(42)38(6)37-27)22-25-16-11-8-12-17-25/h7-12,14-17,26H,13,18-23H2,1-6H3,(H,35,41)(H,36,43)/t26-,34+/m0/s1. The summed E-state index contributed by atoms with van der Waals surface area (Å²) in [5.41, 5.74) is -0.131. The maximum absolute atomic E-state index is 14.2. The second kappa shape index (κ2) is 13.2. The quantitative estimate of drug-likeness (QED) is 0.424. The number of likely N-dealkylation sites (tertiary alicyclic amines) is 1. The van der Waals surface area contributed by atoms with Gasteiger partial charge in [0.15, 0.2) is 0 Å². The normalized spacial score (nSPS) is 19.1. The number of carbonyl (C=O) groups excluding carboxylic acids is 4. The number of hydrogen-bond donors (Lipinski definition) is 2. The van der Waals surface area contributed by atoms with Crippen molar-refractivity contribution in [3.8, 4) is 0 Å². The molecule has 2 heterocycles. The lowest BCUT2D eigenvalue weighted by molar-refractivity contribution is -0.142. The number of nitrogens with one attached hydrogen (secondary N) is 2. The first-order valence-corrected chi connectivity index (χ1v) is 15.2. The molecule has 2 atom stereocenters. The third kappa shape index (κ3) is 7.84. The van der Waals surface area contributed by atoms with E-state index in [4.69, 9.17) is 4.74 Å². The molecule has 0 bridgehead atoms. The summed E-state index contributed by atoms with van der Waals surface area (Å²) in [6, 6.07) is 18.9. The van der Waals surface area contributed by atoms with Crippen molar-refractivity contribution in [3.05, 3.63) is 71.8 Å². The van der Waals surface area contributed by atoms with Crippen LogP contribution in [0.5, 0.6) is 0 Å². The fourth-order valence-corrected chi connectivity index (χ4v) is 5.80. The number of amides is 4. The summed E-state index contributed by atoms with van der Waals surface area (Å²) < 4.78 is 5.35. The summed E-state index contributed by atoms with van der Waals surface area (Å²) >= 11 is 0. The number of aryl methyl sites for hydroxylation is 1. The molecule has 10 heteroatoms. The third-order valence-electron chi connectivity index (χ3n) is 8.05. The fourth-order valence-electron chi connectivity index (χ4n) is 5.80. The largest absolute Gasteiger partial charge is 0.444 e. The smallest absolute Gasteiger partial charge is 0.408 e. The molecule has 236 valence electrons. The molecule has 1 fully saturated rings. The number of hydrazone groups is 1. The van der Waals surface area contributed by atoms with Crippen molar-refractivity contribution < 1.29 is 23.9 Å². The van der Waals surface area contributed by atoms with E-state index in [1.807, 2.05) is 60.7 Å². The van der Waals surface area contributed by atoms with Crippen molar-refractivity contribution in [1.82, 2.24) is 20.5 Å². The summed E-state index contributed by atoms with van der Waals surface area (Å²) in [6.45, 7) is 8.94. The molecule has 2 aromatic rings. The molecule has 0 saturated carbocycles. The van der Waals surface area contributed by atoms with Crippen LogP contribution in [0.25, 0.3) is 0 Å². The molecule has 0 aliphatic carbocycles. The Kier molecular flexibility index (Phi) is 9.81. The number of piperidine rings is 1. The Bertz CT molecular complexity index is 1390. The average molecular weight is 604 g/mol. The predicted molar refractivity (Wildman–Crippen MR) is 169 cm³/mol. The van der Waals surface area contributed by atoms with E-state index in [1.54, 1.807) is 46.6 Å². The molecular formula is C34H45N5O5. The van der Waals surface area contributed by atoms with Crippen LogP contribution in [0.2, 0.25) is 0 Å². The molecule has 10 nitrogen and oxygen atoms in total. The summed E-state index contributed by atoms with van der Waals surface area (Å²) in [6.07, 6.45) is 1.94. The van der Waals surface area contributed by atoms with Crippen molar-refractivity contribution in [2.75, 3.05) is 20.1 Å². The SMILES string of the molecule is CN1N=C2CCN(C(=O)[C@H](CCCc3ccccc3)NC(=O)C(C)(C)NC(=O)OC(C)(C)C)C[C@@]2(Cc2ccccc2)C1=O. The Morgan fingerprint density at radius 1 is 0.977 bits per heavy atom. The molecule has 0 aromatic heterocycles. The van der Waals surface area contributed by atoms with Gasteiger partial charge in [0.05, 0.1) is 5.71 Å². The minimum absolute atomic E-state index is 0.138. The summed E-state index contributed by atoms with van der Waals surface area (Å²) in [5, 5.41) is 11.5. The molecule has 1 saturated heterocycles. The lowest BCUT2D eigenvalue weighted by Gasteiger charge is -2.41. The van der Waals surface area contributed by atoms with Crippen molar-refractivity contribution in [1.29, 1.82) is 0 Å². The zero-order chi connectivity index (χ0) is 32.1. The molecule has 4 amide bonds. The van der Waals surface area contributed by atoms with E-state index in [9.17, 15) is 19.2 Å². The predicted octanol–water partition coefficient (Wildman–Crippen LogP) is 4.09. The van der Waals surface area contributed by atoms with Gasteiger partial charge in [-0.15, -0.1) is 0 Å². The first-order valence-electron chi connectivity index (χ1n) is 15.2. The van der Waals surface area contributed by atoms with E-state index in [-0.39, 0.29) is 18.4 Å². The average Bonchev–Trinajstić information content (AvgIpc) is 3.20. The van der Waals surface area contributed by atoms with Crippen molar-refractivity contribution >= 4 is 29.5 Å². The van der Waals surface area contributed by atoms with Gasteiger partial charge in [0.2, 0.25) is 11.8 Å². The second-order valence-electron chi connectivity index (χ2n) is 13.3. The van der Waals surface area contributed by atoms with Crippen LogP contribution in [0.3, 0.4) is 0 Å². The van der Waals surface area contributed by atoms with E-state index >= 15 is 0 Å². The van der Waals surface area contributed by atoms with Gasteiger partial charge in [0.1, 0.15) is 22.6 Å². The van der Waals surface area contributed by atoms with Gasteiger partial charge in [-0.2, -0.15) is 5.10 Å². The summed E-state index contributed by atoms with van der Waals surface area (Å²) in [5.74, 6) is -0.897. The van der Waals surface area contributed by atoms with Crippen molar-refractivity contribution in [2.45, 2.75) is 83.9 Å². The molecule has 0 spiro atoms. The Hall–Kier alpha value is -4.21. The van der Waals surface area contributed by atoms with Gasteiger partial charge in [0, 0.05) is 26.6 Å². The van der Waals surface area contributed by atoms with E-state index in [0.29, 0.717) is 32.2 Å². The molecule has 0 unspecified atom stereocenters. The van der Waals surface area contributed by atoms with Gasteiger partial charge < -0.3 is 20.3 Å². The van der Waals surface area contributed by atoms with Gasteiger partial charge in [-0.1, -0.05) is 60.7 Å². The Morgan fingerprint density at radius 3 is 2.20 bits per heavy atom. The van der Waals surface area contributed by atoms with Gasteiger partial charge in [-0.25, -0.2) is 9.80 Å². The Morgan fingerprint density at radius 2 is 1.59 bits per heavy atom. The highest BCUT2D eigenvalue weighted by atomic mass is 16.6. The van der Waals surface area contributed by atoms with Crippen molar-refractivity contribution in [2.24, 2.45) is 10.5 Å². The van der Waals surface area contributed by atoms with Crippen LogP contribution in [0.1, 0.15) is 65.0 Å². The number of alkyl carbamates (subject to hydrolysis) is 1. The second-order valence-corrected chi connectivity index (χ2v) is 13.3. The first-order chi connectivity index (χ1) is 20.7. The number of ether oxygens (including phenoxy) is 1. The number of fused-ring (bicyclic) bond motifs is 1. The molecule has 0 radical (unpaired) electrons. The maximum atomic E-state index is 14.2. The Balaban J connectivity index is 1.54. The van der Waals surface area contributed by atoms with E-state index < -0.39 is 34.6 Å². The number of carbonyl (C=O) groups is 4. The molecular weight excluding hydrogens is 558 g/mol. The van der Waals surface area contributed by atoms with Crippen LogP contribution in [0, 0.1) is 5.41 Å². The maximum Gasteiger partial charge on any atom is 0.408 e. The van der Waals surface area contributed by atoms with Crippen LogP contribution in [-0.2, 0) is 32.0 Å². The van der Waals surface area contributed by atoms with Gasteiger partial charge in [0.25, 0.3) is 5.91 Å². The van der Waals surface area contributed by atoms with E-state index in [1.165, 1.54) is 5.01 Å². The molecule has 2 aliphatic heterocycles. The summed E-state index contributed by atoms with van der Waals surface area (Å²) in [7, 11) is 1.65. The lowest BCUT2D eigenvalue weighted by atomic mass is 9.73. The zero-order valence-electron chi connectivity index (χ0n) is 26.7. The fraction of sp³-hybridized carbons (Fsp3) is 0.500. The van der Waals surface area contributed by atoms with E-state index in [0.717, 1.165) is 23.3 Å². The van der Waals surface area contributed by atoms with Crippen molar-refractivity contribution in [3.63, 3.8) is 0 Å². The molecule has 2 N–H and O–H groups in total. The highest BCUT2D eigenvalue weighted by molar-refractivity contribution is 6.13. The Labute approximate surface area is 260 Å². The molecule has 2 aliphatic rings. The number of hydrogen-bond acceptors (Lipinski definition) is 6. The molecule has 2 aromatic carbocycles. The lowest BCUT2D eigenvalue weighted by Crippen LogP contribution is -2.62. The van der Waals surface area contributed by atoms with Crippen LogP contribution in [-0.4, -0.2) is 76.8 Å². The minimum atomic E-state index is -1.35. The molecule has 44 heavy (non-hydrogen) atoms. The number of nitrogens with zero attached hydrogens (tertiary/aromatic N) is 3. The van der Waals surface area contributed by atoms with Crippen LogP contribution in [0.4, 0.5) is 4.79 Å². The van der Waals surface area contributed by atoms with E-state index in [2.05, 4.69) is 15.7 Å².